The number of nitrogen functional groups attached to an aromatic ring is 1. The van der Waals surface area contributed by atoms with Gasteiger partial charge in [-0.1, -0.05) is 12.1 Å². The molecule has 0 fully saturated rings. The summed E-state index contributed by atoms with van der Waals surface area (Å²) < 4.78 is 43.0. The third kappa shape index (κ3) is 6.42. The van der Waals surface area contributed by atoms with Crippen molar-refractivity contribution in [2.75, 3.05) is 13.2 Å². The first-order valence-electron chi connectivity index (χ1n) is 8.41. The number of hydrogen-bond acceptors (Lipinski definition) is 7. The summed E-state index contributed by atoms with van der Waals surface area (Å²) in [6, 6.07) is 9.89. The predicted octanol–water partition coefficient (Wildman–Crippen LogP) is 2.42. The van der Waals surface area contributed by atoms with Crippen molar-refractivity contribution in [2.24, 2.45) is 5.73 Å². The van der Waals surface area contributed by atoms with Crippen molar-refractivity contribution in [1.29, 1.82) is 5.41 Å². The molecule has 2 aromatic rings. The second kappa shape index (κ2) is 9.56. The number of nitro benzene ring substituents is 1. The van der Waals surface area contributed by atoms with Crippen LogP contribution < -0.4 is 10.5 Å². The molecule has 0 saturated carbocycles. The highest BCUT2D eigenvalue weighted by Gasteiger charge is 2.43. The van der Waals surface area contributed by atoms with E-state index in [1.807, 2.05) is 0 Å². The number of hydrogen-bond donors (Lipinski definition) is 2. The van der Waals surface area contributed by atoms with Crippen LogP contribution in [0.15, 0.2) is 48.5 Å². The molecule has 0 radical (unpaired) electrons. The van der Waals surface area contributed by atoms with E-state index in [0.717, 1.165) is 24.3 Å². The van der Waals surface area contributed by atoms with Crippen LogP contribution in [0.25, 0.3) is 0 Å². The molecule has 1 amide bonds. The molecule has 13 heteroatoms. The van der Waals surface area contributed by atoms with Crippen molar-refractivity contribution >= 4 is 23.4 Å². The maximum atomic E-state index is 12.6. The lowest BCUT2D eigenvalue weighted by molar-refractivity contribution is -0.384. The summed E-state index contributed by atoms with van der Waals surface area (Å²) in [6.07, 6.45) is -5.36. The van der Waals surface area contributed by atoms with Gasteiger partial charge in [-0.05, 0) is 24.3 Å². The molecule has 31 heavy (non-hydrogen) atoms. The van der Waals surface area contributed by atoms with E-state index in [1.165, 1.54) is 24.3 Å². The molecule has 0 heterocycles. The molecular weight excluding hydrogens is 425 g/mol. The standard InChI is InChI=1S/C18H15F3N4O6/c19-18(20,21)17(27)31-24(16(26)11-4-6-13(7-5-11)25(28)29)8-9-30-14-3-1-2-12(10-14)15(22)23/h1-7,10H,8-9H2,(H3,22,23). The number of rotatable bonds is 7. The molecule has 0 aliphatic carbocycles. The van der Waals surface area contributed by atoms with E-state index >= 15 is 0 Å². The SMILES string of the molecule is N=C(N)c1cccc(OCCN(OC(=O)C(F)(F)F)C(=O)c2ccc([N+](=O)[O-])cc2)c1. The molecule has 0 spiro atoms. The molecule has 0 atom stereocenters. The number of nitrogens with zero attached hydrogens (tertiary/aromatic N) is 2. The van der Waals surface area contributed by atoms with Crippen molar-refractivity contribution < 1.29 is 37.3 Å². The van der Waals surface area contributed by atoms with Gasteiger partial charge in [-0.3, -0.25) is 20.3 Å². The minimum absolute atomic E-state index is 0.145. The number of alkyl halides is 3. The molecule has 164 valence electrons. The predicted molar refractivity (Wildman–Crippen MR) is 99.2 cm³/mol. The monoisotopic (exact) mass is 440 g/mol. The second-order valence-electron chi connectivity index (χ2n) is 5.88. The van der Waals surface area contributed by atoms with E-state index in [4.69, 9.17) is 15.9 Å². The Morgan fingerprint density at radius 1 is 1.13 bits per heavy atom. The number of amidine groups is 1. The van der Waals surface area contributed by atoms with Gasteiger partial charge in [0.1, 0.15) is 18.2 Å². The van der Waals surface area contributed by atoms with Gasteiger partial charge in [0.05, 0.1) is 11.5 Å². The molecule has 0 aliphatic heterocycles. The summed E-state index contributed by atoms with van der Waals surface area (Å²) in [5.74, 6) is -3.80. The Bertz CT molecular complexity index is 995. The summed E-state index contributed by atoms with van der Waals surface area (Å²) in [4.78, 5) is 37.8. The highest BCUT2D eigenvalue weighted by molar-refractivity contribution is 5.95. The van der Waals surface area contributed by atoms with Gasteiger partial charge in [0.15, 0.2) is 0 Å². The Morgan fingerprint density at radius 2 is 1.77 bits per heavy atom. The van der Waals surface area contributed by atoms with E-state index in [1.54, 1.807) is 0 Å². The van der Waals surface area contributed by atoms with Crippen molar-refractivity contribution in [1.82, 2.24) is 5.06 Å². The van der Waals surface area contributed by atoms with Gasteiger partial charge in [0.2, 0.25) is 0 Å². The molecule has 2 aromatic carbocycles. The third-order valence-electron chi connectivity index (χ3n) is 3.68. The van der Waals surface area contributed by atoms with Crippen LogP contribution in [-0.4, -0.2) is 47.0 Å². The second-order valence-corrected chi connectivity index (χ2v) is 5.88. The van der Waals surface area contributed by atoms with Gasteiger partial charge in [0.25, 0.3) is 11.6 Å². The maximum absolute atomic E-state index is 12.6. The first kappa shape index (κ1) is 23.1. The zero-order chi connectivity index (χ0) is 23.2. The molecule has 0 aromatic heterocycles. The van der Waals surface area contributed by atoms with Crippen LogP contribution >= 0.6 is 0 Å². The van der Waals surface area contributed by atoms with Gasteiger partial charge in [-0.15, -0.1) is 0 Å². The number of nitrogens with two attached hydrogens (primary N) is 1. The van der Waals surface area contributed by atoms with Crippen molar-refractivity contribution in [3.05, 3.63) is 69.8 Å². The number of nitro groups is 1. The minimum atomic E-state index is -5.36. The van der Waals surface area contributed by atoms with E-state index < -0.39 is 29.5 Å². The van der Waals surface area contributed by atoms with Gasteiger partial charge >= 0.3 is 12.1 Å². The van der Waals surface area contributed by atoms with Crippen LogP contribution in [0, 0.1) is 15.5 Å². The lowest BCUT2D eigenvalue weighted by atomic mass is 10.2. The summed E-state index contributed by atoms with van der Waals surface area (Å²) in [5.41, 5.74) is 5.10. The van der Waals surface area contributed by atoms with E-state index in [9.17, 15) is 32.9 Å². The van der Waals surface area contributed by atoms with E-state index in [-0.39, 0.29) is 34.5 Å². The summed E-state index contributed by atoms with van der Waals surface area (Å²) in [5, 5.41) is 18.2. The number of nitrogens with one attached hydrogen (secondary N) is 1. The third-order valence-corrected chi connectivity index (χ3v) is 3.68. The van der Waals surface area contributed by atoms with Crippen molar-refractivity contribution in [2.45, 2.75) is 6.18 Å². The van der Waals surface area contributed by atoms with Crippen LogP contribution in [0.4, 0.5) is 18.9 Å². The Balaban J connectivity index is 2.15. The fourth-order valence-electron chi connectivity index (χ4n) is 2.21. The number of benzene rings is 2. The fourth-order valence-corrected chi connectivity index (χ4v) is 2.21. The highest BCUT2D eigenvalue weighted by Crippen LogP contribution is 2.20. The van der Waals surface area contributed by atoms with Gasteiger partial charge in [-0.25, -0.2) is 4.79 Å². The topological polar surface area (TPSA) is 149 Å². The molecular formula is C18H15F3N4O6. The Morgan fingerprint density at radius 3 is 2.32 bits per heavy atom. The lowest BCUT2D eigenvalue weighted by Crippen LogP contribution is -2.40. The number of halogens is 3. The molecule has 10 nitrogen and oxygen atoms in total. The van der Waals surface area contributed by atoms with Gasteiger partial charge in [0, 0.05) is 23.3 Å². The minimum Gasteiger partial charge on any atom is -0.492 e. The number of carbonyl (C=O) groups is 2. The van der Waals surface area contributed by atoms with Crippen LogP contribution in [0.1, 0.15) is 15.9 Å². The normalized spacial score (nSPS) is 10.8. The fraction of sp³-hybridized carbons (Fsp3) is 0.167. The quantitative estimate of drug-likeness (QED) is 0.291. The Labute approximate surface area is 172 Å². The number of ether oxygens (including phenoxy) is 1. The van der Waals surface area contributed by atoms with Gasteiger partial charge < -0.3 is 15.3 Å². The average molecular weight is 440 g/mol. The molecule has 0 bridgehead atoms. The first-order chi connectivity index (χ1) is 14.5. The van der Waals surface area contributed by atoms with Crippen LogP contribution in [0.2, 0.25) is 0 Å². The van der Waals surface area contributed by atoms with E-state index in [2.05, 4.69) is 4.84 Å². The molecule has 0 unspecified atom stereocenters. The maximum Gasteiger partial charge on any atom is 0.493 e. The van der Waals surface area contributed by atoms with Gasteiger partial charge in [-0.2, -0.15) is 18.2 Å². The number of amides is 1. The van der Waals surface area contributed by atoms with E-state index in [0.29, 0.717) is 5.56 Å². The largest absolute Gasteiger partial charge is 0.493 e. The average Bonchev–Trinajstić information content (AvgIpc) is 2.72. The molecule has 3 N–H and O–H groups in total. The van der Waals surface area contributed by atoms with Crippen LogP contribution in [-0.2, 0) is 9.63 Å². The Hall–Kier alpha value is -4.16. The molecule has 2 rings (SSSR count). The molecule has 0 aliphatic rings. The number of carbonyl (C=O) groups excluding carboxylic acids is 2. The zero-order valence-electron chi connectivity index (χ0n) is 15.6. The highest BCUT2D eigenvalue weighted by atomic mass is 19.4. The summed E-state index contributed by atoms with van der Waals surface area (Å²) in [7, 11) is 0. The van der Waals surface area contributed by atoms with Crippen LogP contribution in [0.3, 0.4) is 0 Å². The lowest BCUT2D eigenvalue weighted by Gasteiger charge is -2.22. The first-order valence-corrected chi connectivity index (χ1v) is 8.41. The number of hydroxylamine groups is 2. The summed E-state index contributed by atoms with van der Waals surface area (Å²) in [6.45, 7) is -0.979. The van der Waals surface area contributed by atoms with Crippen LogP contribution in [0.5, 0.6) is 5.75 Å². The zero-order valence-corrected chi connectivity index (χ0v) is 15.6. The Kier molecular flexibility index (Phi) is 7.13. The number of non-ortho nitro benzene ring substituents is 1. The van der Waals surface area contributed by atoms with Crippen molar-refractivity contribution in [3.8, 4) is 5.75 Å². The van der Waals surface area contributed by atoms with Crippen molar-refractivity contribution in [3.63, 3.8) is 0 Å². The molecule has 0 saturated heterocycles. The summed E-state index contributed by atoms with van der Waals surface area (Å²) >= 11 is 0. The smallest absolute Gasteiger partial charge is 0.492 e.